The number of aliphatic hydroxyl groups excluding tert-OH is 1. The van der Waals surface area contributed by atoms with E-state index in [9.17, 15) is 19.4 Å². The van der Waals surface area contributed by atoms with Gasteiger partial charge in [-0.3, -0.25) is 13.8 Å². The van der Waals surface area contributed by atoms with Crippen LogP contribution in [0.2, 0.25) is 0 Å². The van der Waals surface area contributed by atoms with E-state index in [0.717, 1.165) is 38.5 Å². The van der Waals surface area contributed by atoms with Crippen molar-refractivity contribution in [2.24, 2.45) is 0 Å². The molecule has 0 heterocycles. The molecule has 9 heteroatoms. The summed E-state index contributed by atoms with van der Waals surface area (Å²) < 4.78 is 23.6. The van der Waals surface area contributed by atoms with Crippen molar-refractivity contribution in [2.75, 3.05) is 40.9 Å². The lowest BCUT2D eigenvalue weighted by Crippen LogP contribution is -2.45. The van der Waals surface area contributed by atoms with Crippen molar-refractivity contribution in [3.05, 3.63) is 12.2 Å². The Kier molecular flexibility index (Phi) is 47.7. The summed E-state index contributed by atoms with van der Waals surface area (Å²) in [5.74, 6) is -0.172. The first kappa shape index (κ1) is 64.2. The van der Waals surface area contributed by atoms with Gasteiger partial charge in [0.2, 0.25) is 5.91 Å². The van der Waals surface area contributed by atoms with Crippen LogP contribution < -0.4 is 5.32 Å². The first-order valence-electron chi connectivity index (χ1n) is 28.6. The summed E-state index contributed by atoms with van der Waals surface area (Å²) in [6.45, 7) is 4.84. The number of allylic oxidation sites excluding steroid dienone is 1. The van der Waals surface area contributed by atoms with Gasteiger partial charge in [0.05, 0.1) is 39.9 Å². The van der Waals surface area contributed by atoms with Gasteiger partial charge >= 0.3 is 7.82 Å². The molecule has 0 fully saturated rings. The molecule has 3 N–H and O–H groups in total. The third-order valence-corrected chi connectivity index (χ3v) is 14.2. The summed E-state index contributed by atoms with van der Waals surface area (Å²) >= 11 is 0. The van der Waals surface area contributed by atoms with Crippen LogP contribution in [0.15, 0.2) is 12.2 Å². The molecule has 0 aliphatic carbocycles. The lowest BCUT2D eigenvalue weighted by molar-refractivity contribution is -0.870. The quantitative estimate of drug-likeness (QED) is 0.0243. The van der Waals surface area contributed by atoms with E-state index < -0.39 is 20.0 Å². The largest absolute Gasteiger partial charge is 0.472 e. The van der Waals surface area contributed by atoms with Crippen molar-refractivity contribution >= 4 is 13.7 Å². The highest BCUT2D eigenvalue weighted by Crippen LogP contribution is 2.43. The van der Waals surface area contributed by atoms with Crippen molar-refractivity contribution in [1.82, 2.24) is 5.32 Å². The molecule has 0 aliphatic rings. The van der Waals surface area contributed by atoms with Gasteiger partial charge < -0.3 is 19.8 Å². The van der Waals surface area contributed by atoms with Crippen LogP contribution in [-0.4, -0.2) is 73.4 Å². The Morgan fingerprint density at radius 1 is 0.508 bits per heavy atom. The standard InChI is InChI=1S/C56H113N2O6P/c1-6-8-10-12-14-16-18-19-20-21-22-23-24-25-26-27-28-29-30-31-32-33-34-35-36-37-38-40-42-44-46-48-50-56(60)57-54(53-64-65(61,62)63-52-51-58(3,4)5)55(59)49-47-45-43-41-39-17-15-13-11-9-7-2/h47,49,54-55,59H,6-46,48,50-53H2,1-5H3,(H-,57,60,61,62)/p+1/b49-47+. The van der Waals surface area contributed by atoms with Crippen molar-refractivity contribution < 1.29 is 32.9 Å². The highest BCUT2D eigenvalue weighted by atomic mass is 31.2. The van der Waals surface area contributed by atoms with Gasteiger partial charge in [-0.1, -0.05) is 276 Å². The summed E-state index contributed by atoms with van der Waals surface area (Å²) in [5, 5.41) is 13.9. The maximum Gasteiger partial charge on any atom is 0.472 e. The first-order valence-corrected chi connectivity index (χ1v) is 30.1. The fraction of sp³-hybridized carbons (Fsp3) is 0.946. The molecule has 0 bridgehead atoms. The molecule has 3 unspecified atom stereocenters. The molecule has 0 radical (unpaired) electrons. The van der Waals surface area contributed by atoms with Gasteiger partial charge in [-0.15, -0.1) is 0 Å². The summed E-state index contributed by atoms with van der Waals surface area (Å²) in [7, 11) is 1.59. The van der Waals surface area contributed by atoms with Crippen LogP contribution in [0.4, 0.5) is 0 Å². The maximum absolute atomic E-state index is 12.9. The maximum atomic E-state index is 12.9. The molecule has 0 aromatic rings. The van der Waals surface area contributed by atoms with Crippen LogP contribution in [0.3, 0.4) is 0 Å². The van der Waals surface area contributed by atoms with Gasteiger partial charge in [0.25, 0.3) is 0 Å². The van der Waals surface area contributed by atoms with Crippen LogP contribution in [0, 0.1) is 0 Å². The van der Waals surface area contributed by atoms with Gasteiger partial charge in [0, 0.05) is 6.42 Å². The third-order valence-electron chi connectivity index (χ3n) is 13.3. The smallest absolute Gasteiger partial charge is 0.387 e. The van der Waals surface area contributed by atoms with E-state index in [0.29, 0.717) is 17.4 Å². The molecule has 3 atom stereocenters. The lowest BCUT2D eigenvalue weighted by Gasteiger charge is -2.25. The average molecular weight is 943 g/mol. The van der Waals surface area contributed by atoms with E-state index >= 15 is 0 Å². The van der Waals surface area contributed by atoms with Crippen molar-refractivity contribution in [3.63, 3.8) is 0 Å². The molecule has 0 aromatic carbocycles. The number of carbonyl (C=O) groups is 1. The average Bonchev–Trinajstić information content (AvgIpc) is 3.26. The topological polar surface area (TPSA) is 105 Å². The van der Waals surface area contributed by atoms with Gasteiger partial charge in [-0.25, -0.2) is 4.57 Å². The molecular formula is C56H114N2O6P+. The first-order chi connectivity index (χ1) is 31.5. The Balaban J connectivity index is 3.93. The van der Waals surface area contributed by atoms with E-state index in [1.165, 1.54) is 231 Å². The molecule has 0 aliphatic heterocycles. The summed E-state index contributed by atoms with van der Waals surface area (Å²) in [5.41, 5.74) is 0. The molecule has 0 saturated carbocycles. The molecule has 0 rings (SSSR count). The molecule has 0 aromatic heterocycles. The number of carbonyl (C=O) groups excluding carboxylic acids is 1. The molecule has 8 nitrogen and oxygen atoms in total. The van der Waals surface area contributed by atoms with Crippen LogP contribution in [-0.2, 0) is 18.4 Å². The number of nitrogens with one attached hydrogen (secondary N) is 1. The molecular weight excluding hydrogens is 828 g/mol. The number of rotatable bonds is 53. The number of nitrogens with zero attached hydrogens (tertiary/aromatic N) is 1. The minimum absolute atomic E-state index is 0.0647. The number of amides is 1. The fourth-order valence-electron chi connectivity index (χ4n) is 8.75. The van der Waals surface area contributed by atoms with E-state index in [4.69, 9.17) is 9.05 Å². The number of hydrogen-bond acceptors (Lipinski definition) is 5. The Labute approximate surface area is 405 Å². The number of likely N-dealkylation sites (N-methyl/N-ethyl adjacent to an activating group) is 1. The van der Waals surface area contributed by atoms with Crippen molar-refractivity contribution in [1.29, 1.82) is 0 Å². The number of phosphoric acid groups is 1. The second-order valence-corrected chi connectivity index (χ2v) is 22.5. The monoisotopic (exact) mass is 942 g/mol. The summed E-state index contributed by atoms with van der Waals surface area (Å²) in [6, 6.07) is -0.840. The number of hydrogen-bond donors (Lipinski definition) is 3. The van der Waals surface area contributed by atoms with Crippen molar-refractivity contribution in [3.8, 4) is 0 Å². The van der Waals surface area contributed by atoms with E-state index in [1.54, 1.807) is 6.08 Å². The normalized spacial score (nSPS) is 14.0. The summed E-state index contributed by atoms with van der Waals surface area (Å²) in [4.78, 5) is 23.2. The summed E-state index contributed by atoms with van der Waals surface area (Å²) in [6.07, 6.45) is 59.1. The minimum Gasteiger partial charge on any atom is -0.387 e. The SMILES string of the molecule is CCCCCCCCCCC/C=C/C(O)C(COP(=O)(O)OCC[N+](C)(C)C)NC(=O)CCCCCCCCCCCCCCCCCCCCCCCCCCCCCCCCCC. The fourth-order valence-corrected chi connectivity index (χ4v) is 9.49. The molecule has 388 valence electrons. The third kappa shape index (κ3) is 50.9. The van der Waals surface area contributed by atoms with E-state index in [1.807, 2.05) is 27.2 Å². The zero-order chi connectivity index (χ0) is 47.8. The highest BCUT2D eigenvalue weighted by molar-refractivity contribution is 7.47. The van der Waals surface area contributed by atoms with Crippen LogP contribution in [0.25, 0.3) is 0 Å². The predicted octanol–water partition coefficient (Wildman–Crippen LogP) is 17.0. The Morgan fingerprint density at radius 3 is 1.14 bits per heavy atom. The Hall–Kier alpha value is -0.760. The van der Waals surface area contributed by atoms with Crippen LogP contribution in [0.5, 0.6) is 0 Å². The van der Waals surface area contributed by atoms with Gasteiger partial charge in [-0.2, -0.15) is 0 Å². The van der Waals surface area contributed by atoms with E-state index in [-0.39, 0.29) is 19.1 Å². The number of aliphatic hydroxyl groups is 1. The zero-order valence-electron chi connectivity index (χ0n) is 44.3. The van der Waals surface area contributed by atoms with Gasteiger partial charge in [-0.05, 0) is 19.3 Å². The zero-order valence-corrected chi connectivity index (χ0v) is 45.2. The lowest BCUT2D eigenvalue weighted by atomic mass is 10.0. The van der Waals surface area contributed by atoms with Crippen molar-refractivity contribution in [2.45, 2.75) is 302 Å². The number of phosphoric ester groups is 1. The molecule has 65 heavy (non-hydrogen) atoms. The number of unbranched alkanes of at least 4 members (excludes halogenated alkanes) is 40. The highest BCUT2D eigenvalue weighted by Gasteiger charge is 2.27. The van der Waals surface area contributed by atoms with Crippen LogP contribution >= 0.6 is 7.82 Å². The number of quaternary nitrogens is 1. The molecule has 0 saturated heterocycles. The van der Waals surface area contributed by atoms with Crippen LogP contribution in [0.1, 0.15) is 290 Å². The second kappa shape index (κ2) is 48.3. The molecule has 0 spiro atoms. The second-order valence-electron chi connectivity index (χ2n) is 21.0. The minimum atomic E-state index is -4.33. The Morgan fingerprint density at radius 2 is 0.815 bits per heavy atom. The predicted molar refractivity (Wildman–Crippen MR) is 282 cm³/mol. The van der Waals surface area contributed by atoms with Gasteiger partial charge in [0.1, 0.15) is 13.2 Å². The Bertz CT molecular complexity index is 1070. The molecule has 1 amide bonds. The van der Waals surface area contributed by atoms with E-state index in [2.05, 4.69) is 19.2 Å². The van der Waals surface area contributed by atoms with Gasteiger partial charge in [0.15, 0.2) is 0 Å².